The Bertz CT molecular complexity index is 1190. The minimum absolute atomic E-state index is 0.000203. The van der Waals surface area contributed by atoms with Crippen molar-refractivity contribution in [2.24, 2.45) is 0 Å². The van der Waals surface area contributed by atoms with Gasteiger partial charge in [-0.3, -0.25) is 4.79 Å². The van der Waals surface area contributed by atoms with Gasteiger partial charge in [-0.2, -0.15) is 0 Å². The number of anilines is 1. The van der Waals surface area contributed by atoms with Crippen LogP contribution in [0.25, 0.3) is 5.57 Å². The number of hydrogen-bond donors (Lipinski definition) is 1. The second-order valence-corrected chi connectivity index (χ2v) is 9.75. The second-order valence-electron chi connectivity index (χ2n) is 9.75. The van der Waals surface area contributed by atoms with E-state index in [4.69, 9.17) is 4.74 Å². The second kappa shape index (κ2) is 10.9. The van der Waals surface area contributed by atoms with E-state index >= 15 is 0 Å². The molecule has 1 saturated heterocycles. The molecule has 0 radical (unpaired) electrons. The first-order valence-electron chi connectivity index (χ1n) is 12.7. The van der Waals surface area contributed by atoms with Gasteiger partial charge in [-0.25, -0.2) is 0 Å². The molecule has 35 heavy (non-hydrogen) atoms. The summed E-state index contributed by atoms with van der Waals surface area (Å²) in [7, 11) is 0. The molecule has 0 atom stereocenters. The van der Waals surface area contributed by atoms with Gasteiger partial charge < -0.3 is 15.0 Å². The highest BCUT2D eigenvalue weighted by atomic mass is 16.5. The van der Waals surface area contributed by atoms with Crippen LogP contribution in [-0.4, -0.2) is 30.4 Å². The molecule has 1 N–H and O–H groups in total. The Morgan fingerprint density at radius 3 is 2.49 bits per heavy atom. The summed E-state index contributed by atoms with van der Waals surface area (Å²) >= 11 is 0. The van der Waals surface area contributed by atoms with E-state index in [1.807, 2.05) is 60.7 Å². The van der Waals surface area contributed by atoms with Crippen molar-refractivity contribution in [1.29, 1.82) is 0 Å². The van der Waals surface area contributed by atoms with E-state index in [9.17, 15) is 4.79 Å². The molecule has 1 aliphatic carbocycles. The van der Waals surface area contributed by atoms with Crippen LogP contribution >= 0.6 is 0 Å². The number of hydrogen-bond acceptors (Lipinski definition) is 3. The van der Waals surface area contributed by atoms with Crippen LogP contribution in [-0.2, 0) is 24.2 Å². The maximum atomic E-state index is 12.8. The molecular weight excluding hydrogens is 432 g/mol. The number of carbonyl (C=O) groups is 1. The van der Waals surface area contributed by atoms with Crippen LogP contribution in [0.5, 0.6) is 5.75 Å². The van der Waals surface area contributed by atoms with Gasteiger partial charge in [0.05, 0.1) is 6.42 Å². The van der Waals surface area contributed by atoms with Crippen LogP contribution in [0.1, 0.15) is 48.4 Å². The normalized spacial score (nSPS) is 15.3. The van der Waals surface area contributed by atoms with Crippen LogP contribution in [0, 0.1) is 0 Å². The maximum absolute atomic E-state index is 12.8. The Kier molecular flexibility index (Phi) is 7.29. The topological polar surface area (TPSA) is 41.6 Å². The lowest BCUT2D eigenvalue weighted by molar-refractivity contribution is -0.115. The molecule has 2 aliphatic rings. The highest BCUT2D eigenvalue weighted by Crippen LogP contribution is 2.36. The Hall–Kier alpha value is -3.37. The van der Waals surface area contributed by atoms with E-state index in [-0.39, 0.29) is 5.91 Å². The summed E-state index contributed by atoms with van der Waals surface area (Å²) < 4.78 is 5.85. The van der Waals surface area contributed by atoms with Crippen LogP contribution in [0.3, 0.4) is 0 Å². The van der Waals surface area contributed by atoms with Crippen LogP contribution in [0.15, 0.2) is 78.4 Å². The number of nitrogens with zero attached hydrogens (tertiary/aromatic N) is 1. The zero-order valence-electron chi connectivity index (χ0n) is 20.6. The molecule has 1 amide bonds. The van der Waals surface area contributed by atoms with Gasteiger partial charge in [-0.1, -0.05) is 54.1 Å². The Balaban J connectivity index is 1.16. The van der Waals surface area contributed by atoms with Crippen molar-refractivity contribution < 1.29 is 9.53 Å². The lowest BCUT2D eigenvalue weighted by Crippen LogP contribution is -2.20. The number of rotatable bonds is 9. The number of amides is 1. The molecule has 0 aromatic heterocycles. The molecule has 1 heterocycles. The number of ether oxygens (including phenoxy) is 1. The molecule has 1 fully saturated rings. The van der Waals surface area contributed by atoms with Gasteiger partial charge in [-0.05, 0) is 97.8 Å². The van der Waals surface area contributed by atoms with E-state index in [0.717, 1.165) is 42.0 Å². The zero-order chi connectivity index (χ0) is 24.0. The molecule has 1 aliphatic heterocycles. The summed E-state index contributed by atoms with van der Waals surface area (Å²) in [6, 6.07) is 24.3. The third-order valence-corrected chi connectivity index (χ3v) is 7.10. The van der Waals surface area contributed by atoms with Gasteiger partial charge in [-0.15, -0.1) is 0 Å². The standard InChI is InChI=1S/C31H34N2O2/c1-23-19-26-11-12-27(21-30(26)29(23)15-18-33-16-5-6-17-33)32-31(34)20-24-9-13-28(14-10-24)35-22-25-7-3-2-4-8-25/h2-4,7-14,21H,5-6,15-20,22H2,1H3,(H,32,34). The number of carbonyl (C=O) groups excluding carboxylic acids is 1. The lowest BCUT2D eigenvalue weighted by atomic mass is 10.0. The van der Waals surface area contributed by atoms with Gasteiger partial charge >= 0.3 is 0 Å². The molecule has 0 unspecified atom stereocenters. The zero-order valence-corrected chi connectivity index (χ0v) is 20.6. The predicted octanol–water partition coefficient (Wildman–Crippen LogP) is 6.26. The van der Waals surface area contributed by atoms with Crippen LogP contribution < -0.4 is 10.1 Å². The maximum Gasteiger partial charge on any atom is 0.228 e. The molecule has 0 spiro atoms. The fourth-order valence-corrected chi connectivity index (χ4v) is 5.17. The number of allylic oxidation sites excluding steroid dienone is 1. The number of nitrogens with one attached hydrogen (secondary N) is 1. The Labute approximate surface area is 208 Å². The molecule has 4 nitrogen and oxygen atoms in total. The average molecular weight is 467 g/mol. The fourth-order valence-electron chi connectivity index (χ4n) is 5.17. The van der Waals surface area contributed by atoms with Crippen molar-refractivity contribution in [3.8, 4) is 5.75 Å². The molecule has 4 heteroatoms. The Morgan fingerprint density at radius 2 is 1.71 bits per heavy atom. The van der Waals surface area contributed by atoms with E-state index < -0.39 is 0 Å². The molecule has 5 rings (SSSR count). The van der Waals surface area contributed by atoms with Crippen molar-refractivity contribution in [2.45, 2.75) is 45.6 Å². The third kappa shape index (κ3) is 6.01. The molecular formula is C31H34N2O2. The summed E-state index contributed by atoms with van der Waals surface area (Å²) in [6.45, 7) is 6.39. The number of fused-ring (bicyclic) bond motifs is 1. The van der Waals surface area contributed by atoms with Crippen LogP contribution in [0.4, 0.5) is 5.69 Å². The first-order chi connectivity index (χ1) is 17.1. The molecule has 180 valence electrons. The van der Waals surface area contributed by atoms with Gasteiger partial charge in [0.15, 0.2) is 0 Å². The highest BCUT2D eigenvalue weighted by Gasteiger charge is 2.21. The molecule has 0 bridgehead atoms. The number of likely N-dealkylation sites (tertiary alicyclic amines) is 1. The van der Waals surface area contributed by atoms with Crippen molar-refractivity contribution in [2.75, 3.05) is 25.0 Å². The fraction of sp³-hybridized carbons (Fsp3) is 0.323. The largest absolute Gasteiger partial charge is 0.489 e. The third-order valence-electron chi connectivity index (χ3n) is 7.10. The van der Waals surface area contributed by atoms with Gasteiger partial charge in [0.1, 0.15) is 12.4 Å². The molecule has 3 aromatic rings. The first-order valence-corrected chi connectivity index (χ1v) is 12.7. The van der Waals surface area contributed by atoms with Crippen molar-refractivity contribution in [1.82, 2.24) is 4.90 Å². The summed E-state index contributed by atoms with van der Waals surface area (Å²) in [5.41, 5.74) is 8.62. The first kappa shape index (κ1) is 23.4. The summed E-state index contributed by atoms with van der Waals surface area (Å²) in [5, 5.41) is 3.11. The quantitative estimate of drug-likeness (QED) is 0.405. The number of benzene rings is 3. The lowest BCUT2D eigenvalue weighted by Gasteiger charge is -2.16. The van der Waals surface area contributed by atoms with Crippen molar-refractivity contribution in [3.05, 3.63) is 101 Å². The monoisotopic (exact) mass is 466 g/mol. The summed E-state index contributed by atoms with van der Waals surface area (Å²) in [4.78, 5) is 15.3. The van der Waals surface area contributed by atoms with Gasteiger partial charge in [0.2, 0.25) is 5.91 Å². The molecule has 3 aromatic carbocycles. The Morgan fingerprint density at radius 1 is 0.943 bits per heavy atom. The minimum atomic E-state index is 0.000203. The van der Waals surface area contributed by atoms with Gasteiger partial charge in [0, 0.05) is 12.2 Å². The molecule has 0 saturated carbocycles. The van der Waals surface area contributed by atoms with Crippen LogP contribution in [0.2, 0.25) is 0 Å². The van der Waals surface area contributed by atoms with E-state index in [2.05, 4.69) is 29.3 Å². The predicted molar refractivity (Wildman–Crippen MR) is 143 cm³/mol. The van der Waals surface area contributed by atoms with Crippen molar-refractivity contribution >= 4 is 17.2 Å². The van der Waals surface area contributed by atoms with E-state index in [1.54, 1.807) is 0 Å². The highest BCUT2D eigenvalue weighted by molar-refractivity contribution is 5.93. The minimum Gasteiger partial charge on any atom is -0.489 e. The summed E-state index contributed by atoms with van der Waals surface area (Å²) in [6.07, 6.45) is 5.11. The summed E-state index contributed by atoms with van der Waals surface area (Å²) in [5.74, 6) is 0.806. The average Bonchev–Trinajstić information content (AvgIpc) is 3.50. The smallest absolute Gasteiger partial charge is 0.228 e. The van der Waals surface area contributed by atoms with E-state index in [1.165, 1.54) is 48.2 Å². The van der Waals surface area contributed by atoms with Crippen molar-refractivity contribution in [3.63, 3.8) is 0 Å². The van der Waals surface area contributed by atoms with E-state index in [0.29, 0.717) is 13.0 Å². The SMILES string of the molecule is CC1=C(CCN2CCCC2)c2cc(NC(=O)Cc3ccc(OCc4ccccc4)cc3)ccc2C1. The van der Waals surface area contributed by atoms with Gasteiger partial charge in [0.25, 0.3) is 0 Å².